The van der Waals surface area contributed by atoms with Crippen molar-refractivity contribution in [2.75, 3.05) is 32.1 Å². The van der Waals surface area contributed by atoms with Gasteiger partial charge in [0.1, 0.15) is 22.9 Å². The third-order valence-electron chi connectivity index (χ3n) is 6.93. The second-order valence-electron chi connectivity index (χ2n) is 9.90. The summed E-state index contributed by atoms with van der Waals surface area (Å²) < 4.78 is 10.7. The number of phenolic OH excluding ortho intramolecular Hbond substituents is 1. The van der Waals surface area contributed by atoms with Crippen LogP contribution in [-0.2, 0) is 11.4 Å². The van der Waals surface area contributed by atoms with Gasteiger partial charge in [-0.3, -0.25) is 19.9 Å². The standard InChI is InChI=1S/C34H30ClN5O6/c1-36-33(42)21-10-12-25-22(16-21)17-26(34(43)37-24-11-14-29(44-2)27(35)18-24)32(41)31(25)39-38-28-15-20(9-13-30(28)45-3)19-46-40-23-7-5-4-6-8-23/h4-18,40-41H,19H2,1-3H3,(H,36,42)(H,37,43). The van der Waals surface area contributed by atoms with Gasteiger partial charge in [-0.25, -0.2) is 0 Å². The Morgan fingerprint density at radius 2 is 1.59 bits per heavy atom. The molecule has 0 spiro atoms. The highest BCUT2D eigenvalue weighted by Gasteiger charge is 2.20. The minimum Gasteiger partial charge on any atom is -0.505 e. The van der Waals surface area contributed by atoms with Crippen LogP contribution in [0.5, 0.6) is 17.2 Å². The van der Waals surface area contributed by atoms with Gasteiger partial charge >= 0.3 is 0 Å². The molecule has 0 aliphatic rings. The molecule has 0 saturated carbocycles. The molecule has 0 fully saturated rings. The third kappa shape index (κ3) is 7.17. The highest BCUT2D eigenvalue weighted by Crippen LogP contribution is 2.41. The Bertz CT molecular complexity index is 1930. The summed E-state index contributed by atoms with van der Waals surface area (Å²) >= 11 is 6.23. The lowest BCUT2D eigenvalue weighted by atomic mass is 10.0. The predicted octanol–water partition coefficient (Wildman–Crippen LogP) is 7.79. The fourth-order valence-electron chi connectivity index (χ4n) is 4.60. The smallest absolute Gasteiger partial charge is 0.259 e. The number of hydrogen-bond donors (Lipinski definition) is 4. The number of ether oxygens (including phenoxy) is 2. The van der Waals surface area contributed by atoms with Crippen molar-refractivity contribution in [1.82, 2.24) is 5.32 Å². The van der Waals surface area contributed by atoms with Crippen LogP contribution in [0.15, 0.2) is 101 Å². The summed E-state index contributed by atoms with van der Waals surface area (Å²) in [6, 6.07) is 25.8. The second kappa shape index (κ2) is 14.4. The first-order chi connectivity index (χ1) is 22.3. The van der Waals surface area contributed by atoms with E-state index in [0.717, 1.165) is 11.3 Å². The van der Waals surface area contributed by atoms with Gasteiger partial charge in [-0.1, -0.05) is 41.9 Å². The van der Waals surface area contributed by atoms with Gasteiger partial charge < -0.3 is 25.2 Å². The molecule has 0 heterocycles. The van der Waals surface area contributed by atoms with Crippen molar-refractivity contribution >= 4 is 56.9 Å². The number of halogens is 1. The van der Waals surface area contributed by atoms with E-state index in [2.05, 4.69) is 26.3 Å². The van der Waals surface area contributed by atoms with Crippen LogP contribution < -0.4 is 25.6 Å². The predicted molar refractivity (Wildman–Crippen MR) is 177 cm³/mol. The molecular formula is C34H30ClN5O6. The average Bonchev–Trinajstić information content (AvgIpc) is 3.07. The van der Waals surface area contributed by atoms with Gasteiger partial charge in [-0.15, -0.1) is 10.2 Å². The van der Waals surface area contributed by atoms with Crippen molar-refractivity contribution in [3.05, 3.63) is 113 Å². The number of azo groups is 1. The Morgan fingerprint density at radius 1 is 0.826 bits per heavy atom. The van der Waals surface area contributed by atoms with E-state index in [1.165, 1.54) is 33.4 Å². The normalized spacial score (nSPS) is 11.0. The number of aromatic hydroxyl groups is 1. The zero-order valence-electron chi connectivity index (χ0n) is 25.1. The maximum atomic E-state index is 13.5. The molecule has 11 nitrogen and oxygen atoms in total. The fraction of sp³-hybridized carbons (Fsp3) is 0.118. The van der Waals surface area contributed by atoms with Crippen LogP contribution in [0.1, 0.15) is 26.3 Å². The lowest BCUT2D eigenvalue weighted by molar-refractivity contribution is 0.0962. The minimum atomic E-state index is -0.634. The van der Waals surface area contributed by atoms with Crippen LogP contribution in [0.25, 0.3) is 10.8 Å². The van der Waals surface area contributed by atoms with Crippen LogP contribution in [0.2, 0.25) is 5.02 Å². The zero-order valence-corrected chi connectivity index (χ0v) is 25.9. The first-order valence-electron chi connectivity index (χ1n) is 14.0. The molecule has 5 rings (SSSR count). The van der Waals surface area contributed by atoms with Crippen molar-refractivity contribution in [3.63, 3.8) is 0 Å². The maximum absolute atomic E-state index is 13.5. The van der Waals surface area contributed by atoms with Gasteiger partial charge in [0.2, 0.25) is 0 Å². The van der Waals surface area contributed by atoms with Gasteiger partial charge in [0.05, 0.1) is 37.1 Å². The highest BCUT2D eigenvalue weighted by atomic mass is 35.5. The van der Waals surface area contributed by atoms with Crippen molar-refractivity contribution < 1.29 is 29.0 Å². The number of nitrogens with one attached hydrogen (secondary N) is 3. The fourth-order valence-corrected chi connectivity index (χ4v) is 4.85. The van der Waals surface area contributed by atoms with Crippen LogP contribution >= 0.6 is 11.6 Å². The molecule has 46 heavy (non-hydrogen) atoms. The summed E-state index contributed by atoms with van der Waals surface area (Å²) in [5.41, 5.74) is 5.49. The molecule has 0 radical (unpaired) electrons. The Balaban J connectivity index is 1.51. The SMILES string of the molecule is CNC(=O)c1ccc2c(N=Nc3cc(CONc4ccccc4)ccc3OC)c(O)c(C(=O)Nc3ccc(OC)c(Cl)c3)cc2c1. The topological polar surface area (TPSA) is 143 Å². The molecule has 0 saturated heterocycles. The molecule has 0 unspecified atom stereocenters. The van der Waals surface area contributed by atoms with Gasteiger partial charge in [0.25, 0.3) is 11.8 Å². The minimum absolute atomic E-state index is 0.0216. The average molecular weight is 640 g/mol. The zero-order chi connectivity index (χ0) is 32.6. The Morgan fingerprint density at radius 3 is 2.30 bits per heavy atom. The molecule has 0 bridgehead atoms. The summed E-state index contributed by atoms with van der Waals surface area (Å²) in [7, 11) is 4.51. The molecule has 0 atom stereocenters. The van der Waals surface area contributed by atoms with E-state index in [4.69, 9.17) is 25.9 Å². The molecule has 4 N–H and O–H groups in total. The first-order valence-corrected chi connectivity index (χ1v) is 14.4. The number of carbonyl (C=O) groups excluding carboxylic acids is 2. The number of anilines is 2. The number of amides is 2. The highest BCUT2D eigenvalue weighted by molar-refractivity contribution is 6.32. The van der Waals surface area contributed by atoms with Crippen LogP contribution in [0.3, 0.4) is 0 Å². The number of nitrogens with zero attached hydrogens (tertiary/aromatic N) is 2. The van der Waals surface area contributed by atoms with Crippen LogP contribution in [-0.4, -0.2) is 38.2 Å². The van der Waals surface area contributed by atoms with Gasteiger partial charge in [-0.05, 0) is 71.6 Å². The number of methoxy groups -OCH3 is 2. The van der Waals surface area contributed by atoms with E-state index >= 15 is 0 Å². The number of benzene rings is 5. The number of para-hydroxylation sites is 1. The number of phenols is 1. The van der Waals surface area contributed by atoms with Gasteiger partial charge in [-0.2, -0.15) is 0 Å². The molecule has 12 heteroatoms. The summed E-state index contributed by atoms with van der Waals surface area (Å²) in [5.74, 6) is -0.491. The molecule has 0 aromatic heterocycles. The van der Waals surface area contributed by atoms with Crippen molar-refractivity contribution in [3.8, 4) is 17.2 Å². The number of carbonyl (C=O) groups is 2. The number of hydrogen-bond acceptors (Lipinski definition) is 9. The lowest BCUT2D eigenvalue weighted by Crippen LogP contribution is -2.17. The molecule has 0 aliphatic carbocycles. The second-order valence-corrected chi connectivity index (χ2v) is 10.3. The van der Waals surface area contributed by atoms with E-state index in [1.54, 1.807) is 42.5 Å². The molecule has 5 aromatic carbocycles. The van der Waals surface area contributed by atoms with E-state index in [0.29, 0.717) is 44.2 Å². The quantitative estimate of drug-likeness (QED) is 0.0853. The molecule has 5 aromatic rings. The van der Waals surface area contributed by atoms with Crippen molar-refractivity contribution in [2.45, 2.75) is 6.61 Å². The van der Waals surface area contributed by atoms with Crippen LogP contribution in [0.4, 0.5) is 22.7 Å². The van der Waals surface area contributed by atoms with Crippen molar-refractivity contribution in [2.24, 2.45) is 10.2 Å². The number of rotatable bonds is 11. The van der Waals surface area contributed by atoms with E-state index in [-0.39, 0.29) is 23.8 Å². The largest absolute Gasteiger partial charge is 0.505 e. The van der Waals surface area contributed by atoms with Gasteiger partial charge in [0.15, 0.2) is 5.75 Å². The summed E-state index contributed by atoms with van der Waals surface area (Å²) in [6.07, 6.45) is 0. The molecule has 0 aliphatic heterocycles. The van der Waals surface area contributed by atoms with Crippen LogP contribution in [0, 0.1) is 0 Å². The Hall–Kier alpha value is -5.65. The molecule has 2 amide bonds. The van der Waals surface area contributed by atoms with E-state index in [9.17, 15) is 14.7 Å². The molecule has 234 valence electrons. The first kappa shape index (κ1) is 31.8. The summed E-state index contributed by atoms with van der Waals surface area (Å²) in [5, 5.41) is 26.7. The summed E-state index contributed by atoms with van der Waals surface area (Å²) in [4.78, 5) is 31.5. The van der Waals surface area contributed by atoms with E-state index < -0.39 is 11.7 Å². The van der Waals surface area contributed by atoms with E-state index in [1.807, 2.05) is 36.4 Å². The monoisotopic (exact) mass is 639 g/mol. The maximum Gasteiger partial charge on any atom is 0.259 e. The third-order valence-corrected chi connectivity index (χ3v) is 7.23. The van der Waals surface area contributed by atoms with Crippen molar-refractivity contribution in [1.29, 1.82) is 0 Å². The summed E-state index contributed by atoms with van der Waals surface area (Å²) in [6.45, 7) is 0.211. The molecular weight excluding hydrogens is 610 g/mol. The van der Waals surface area contributed by atoms with Gasteiger partial charge in [0, 0.05) is 23.7 Å². The Labute approximate surface area is 269 Å². The lowest BCUT2D eigenvalue weighted by Gasteiger charge is -2.13. The number of fused-ring (bicyclic) bond motifs is 1. The Kier molecular flexibility index (Phi) is 9.96.